The molecular weight excluding hydrogens is 372 g/mol. The van der Waals surface area contributed by atoms with Crippen LogP contribution in [0.4, 0.5) is 11.4 Å². The molecular formula is C19H19ClN2O5. The topological polar surface area (TPSA) is 105 Å². The van der Waals surface area contributed by atoms with E-state index in [2.05, 4.69) is 10.6 Å². The minimum Gasteiger partial charge on any atom is -0.481 e. The van der Waals surface area contributed by atoms with Gasteiger partial charge in [0.05, 0.1) is 11.4 Å². The first-order valence-electron chi connectivity index (χ1n) is 8.19. The van der Waals surface area contributed by atoms with Crippen molar-refractivity contribution in [2.45, 2.75) is 25.9 Å². The standard InChI is InChI=1S/C19H19ClN2O5/c1-12(27-16-5-3-2-4-15(16)20)19(26)22-14-8-6-13(7-9-14)21-17(23)10-11-18(24)25/h2-9,12H,10-11H2,1H3,(H,21,23)(H,22,26)(H,24,25). The summed E-state index contributed by atoms with van der Waals surface area (Å²) in [5, 5.41) is 14.3. The van der Waals surface area contributed by atoms with Crippen LogP contribution in [0.3, 0.4) is 0 Å². The molecule has 0 heterocycles. The molecule has 142 valence electrons. The van der Waals surface area contributed by atoms with E-state index in [1.165, 1.54) is 0 Å². The number of halogens is 1. The van der Waals surface area contributed by atoms with Gasteiger partial charge < -0.3 is 20.5 Å². The second-order valence-corrected chi connectivity index (χ2v) is 6.11. The van der Waals surface area contributed by atoms with Gasteiger partial charge in [0.1, 0.15) is 5.75 Å². The van der Waals surface area contributed by atoms with E-state index in [1.54, 1.807) is 55.5 Å². The Hall–Kier alpha value is -3.06. The number of carboxylic acids is 1. The Morgan fingerprint density at radius 2 is 1.59 bits per heavy atom. The zero-order valence-electron chi connectivity index (χ0n) is 14.6. The largest absolute Gasteiger partial charge is 0.481 e. The van der Waals surface area contributed by atoms with Crippen LogP contribution >= 0.6 is 11.6 Å². The molecule has 0 saturated heterocycles. The molecule has 2 rings (SSSR count). The molecule has 0 fully saturated rings. The third-order valence-electron chi connectivity index (χ3n) is 3.51. The lowest BCUT2D eigenvalue weighted by Gasteiger charge is -2.15. The fourth-order valence-electron chi connectivity index (χ4n) is 2.11. The van der Waals surface area contributed by atoms with Gasteiger partial charge in [-0.15, -0.1) is 0 Å². The number of rotatable bonds is 8. The molecule has 0 aliphatic rings. The zero-order chi connectivity index (χ0) is 19.8. The molecule has 0 bridgehead atoms. The van der Waals surface area contributed by atoms with Crippen molar-refractivity contribution in [3.05, 3.63) is 53.6 Å². The lowest BCUT2D eigenvalue weighted by molar-refractivity contribution is -0.138. The molecule has 0 aliphatic heterocycles. The molecule has 3 N–H and O–H groups in total. The van der Waals surface area contributed by atoms with Gasteiger partial charge in [0.15, 0.2) is 6.10 Å². The lowest BCUT2D eigenvalue weighted by atomic mass is 10.2. The third-order valence-corrected chi connectivity index (χ3v) is 3.82. The molecule has 1 unspecified atom stereocenters. The number of carbonyl (C=O) groups is 3. The molecule has 2 aromatic rings. The number of benzene rings is 2. The van der Waals surface area contributed by atoms with Crippen molar-refractivity contribution in [1.82, 2.24) is 0 Å². The van der Waals surface area contributed by atoms with Crippen molar-refractivity contribution < 1.29 is 24.2 Å². The quantitative estimate of drug-likeness (QED) is 0.639. The molecule has 7 nitrogen and oxygen atoms in total. The maximum absolute atomic E-state index is 12.2. The Bertz CT molecular complexity index is 823. The van der Waals surface area contributed by atoms with Crippen molar-refractivity contribution in [3.8, 4) is 5.75 Å². The first-order chi connectivity index (χ1) is 12.8. The van der Waals surface area contributed by atoms with Gasteiger partial charge in [0.2, 0.25) is 5.91 Å². The van der Waals surface area contributed by atoms with E-state index in [0.29, 0.717) is 22.1 Å². The van der Waals surface area contributed by atoms with Gasteiger partial charge >= 0.3 is 5.97 Å². The molecule has 0 aromatic heterocycles. The molecule has 2 amide bonds. The summed E-state index contributed by atoms with van der Waals surface area (Å²) in [7, 11) is 0. The van der Waals surface area contributed by atoms with Crippen LogP contribution in [0.25, 0.3) is 0 Å². The number of hydrogen-bond donors (Lipinski definition) is 3. The van der Waals surface area contributed by atoms with E-state index in [0.717, 1.165) is 0 Å². The van der Waals surface area contributed by atoms with E-state index < -0.39 is 18.0 Å². The summed E-state index contributed by atoms with van der Waals surface area (Å²) < 4.78 is 5.55. The Morgan fingerprint density at radius 3 is 2.19 bits per heavy atom. The van der Waals surface area contributed by atoms with Gasteiger partial charge in [0, 0.05) is 17.8 Å². The van der Waals surface area contributed by atoms with E-state index in [9.17, 15) is 14.4 Å². The van der Waals surface area contributed by atoms with Crippen LogP contribution in [0.5, 0.6) is 5.75 Å². The van der Waals surface area contributed by atoms with Crippen LogP contribution in [0.1, 0.15) is 19.8 Å². The molecule has 0 aliphatic carbocycles. The molecule has 8 heteroatoms. The van der Waals surface area contributed by atoms with Gasteiger partial charge in [-0.05, 0) is 43.3 Å². The van der Waals surface area contributed by atoms with Crippen molar-refractivity contribution in [2.75, 3.05) is 10.6 Å². The summed E-state index contributed by atoms with van der Waals surface area (Å²) in [6.45, 7) is 1.61. The normalized spacial score (nSPS) is 11.3. The first kappa shape index (κ1) is 20.3. The number of amides is 2. The predicted octanol–water partition coefficient (Wildman–Crippen LogP) is 3.55. The fourth-order valence-corrected chi connectivity index (χ4v) is 2.29. The number of aliphatic carboxylic acids is 1. The Kier molecular flexibility index (Phi) is 7.19. The summed E-state index contributed by atoms with van der Waals surface area (Å²) in [5.41, 5.74) is 1.03. The van der Waals surface area contributed by atoms with Gasteiger partial charge in [0.25, 0.3) is 5.91 Å². The second kappa shape index (κ2) is 9.59. The molecule has 0 spiro atoms. The summed E-state index contributed by atoms with van der Waals surface area (Å²) >= 11 is 6.01. The van der Waals surface area contributed by atoms with Crippen LogP contribution in [-0.2, 0) is 14.4 Å². The van der Waals surface area contributed by atoms with Crippen LogP contribution in [-0.4, -0.2) is 29.0 Å². The Labute approximate surface area is 161 Å². The average molecular weight is 391 g/mol. The number of carbonyl (C=O) groups excluding carboxylic acids is 2. The third kappa shape index (κ3) is 6.63. The average Bonchev–Trinajstić information content (AvgIpc) is 2.63. The zero-order valence-corrected chi connectivity index (χ0v) is 15.3. The SMILES string of the molecule is CC(Oc1ccccc1Cl)C(=O)Nc1ccc(NC(=O)CCC(=O)O)cc1. The van der Waals surface area contributed by atoms with Crippen molar-refractivity contribution in [3.63, 3.8) is 0 Å². The maximum Gasteiger partial charge on any atom is 0.303 e. The monoisotopic (exact) mass is 390 g/mol. The number of hydrogen-bond acceptors (Lipinski definition) is 4. The van der Waals surface area contributed by atoms with Gasteiger partial charge in [-0.1, -0.05) is 23.7 Å². The fraction of sp³-hybridized carbons (Fsp3) is 0.211. The van der Waals surface area contributed by atoms with E-state index in [4.69, 9.17) is 21.4 Å². The number of carboxylic acid groups (broad SMARTS) is 1. The van der Waals surface area contributed by atoms with Gasteiger partial charge in [-0.25, -0.2) is 0 Å². The molecule has 27 heavy (non-hydrogen) atoms. The van der Waals surface area contributed by atoms with E-state index >= 15 is 0 Å². The van der Waals surface area contributed by atoms with Gasteiger partial charge in [-0.2, -0.15) is 0 Å². The van der Waals surface area contributed by atoms with E-state index in [1.807, 2.05) is 0 Å². The maximum atomic E-state index is 12.2. The van der Waals surface area contributed by atoms with Crippen LogP contribution in [0.15, 0.2) is 48.5 Å². The highest BCUT2D eigenvalue weighted by molar-refractivity contribution is 6.32. The molecule has 2 aromatic carbocycles. The summed E-state index contributed by atoms with van der Waals surface area (Å²) in [5.74, 6) is -1.36. The summed E-state index contributed by atoms with van der Waals surface area (Å²) in [4.78, 5) is 34.3. The highest BCUT2D eigenvalue weighted by Gasteiger charge is 2.16. The van der Waals surface area contributed by atoms with Crippen molar-refractivity contribution in [2.24, 2.45) is 0 Å². The minimum atomic E-state index is -1.03. The van der Waals surface area contributed by atoms with Crippen molar-refractivity contribution >= 4 is 40.8 Å². The number of ether oxygens (including phenoxy) is 1. The number of para-hydroxylation sites is 1. The Morgan fingerprint density at radius 1 is 1.00 bits per heavy atom. The highest BCUT2D eigenvalue weighted by Crippen LogP contribution is 2.24. The Balaban J connectivity index is 1.88. The molecule has 1 atom stereocenters. The number of nitrogens with one attached hydrogen (secondary N) is 2. The highest BCUT2D eigenvalue weighted by atomic mass is 35.5. The van der Waals surface area contributed by atoms with Crippen LogP contribution in [0, 0.1) is 0 Å². The predicted molar refractivity (Wildman–Crippen MR) is 102 cm³/mol. The van der Waals surface area contributed by atoms with Gasteiger partial charge in [-0.3, -0.25) is 14.4 Å². The smallest absolute Gasteiger partial charge is 0.303 e. The molecule has 0 saturated carbocycles. The first-order valence-corrected chi connectivity index (χ1v) is 8.56. The summed E-state index contributed by atoms with van der Waals surface area (Å²) in [6.07, 6.45) is -1.10. The number of anilines is 2. The van der Waals surface area contributed by atoms with E-state index in [-0.39, 0.29) is 18.7 Å². The van der Waals surface area contributed by atoms with Crippen LogP contribution in [0.2, 0.25) is 5.02 Å². The minimum absolute atomic E-state index is 0.106. The lowest BCUT2D eigenvalue weighted by Crippen LogP contribution is -2.30. The second-order valence-electron chi connectivity index (χ2n) is 5.70. The molecule has 0 radical (unpaired) electrons. The van der Waals surface area contributed by atoms with Crippen molar-refractivity contribution in [1.29, 1.82) is 0 Å². The van der Waals surface area contributed by atoms with Crippen LogP contribution < -0.4 is 15.4 Å². The summed E-state index contributed by atoms with van der Waals surface area (Å²) in [6, 6.07) is 13.3.